The van der Waals surface area contributed by atoms with Crippen LogP contribution in [0.15, 0.2) is 24.3 Å². The molecule has 1 fully saturated rings. The van der Waals surface area contributed by atoms with E-state index in [1.165, 1.54) is 12.8 Å². The summed E-state index contributed by atoms with van der Waals surface area (Å²) in [6.07, 6.45) is 2.33. The predicted molar refractivity (Wildman–Crippen MR) is 79.2 cm³/mol. The first-order valence-electron chi connectivity index (χ1n) is 6.38. The molecule has 0 aliphatic heterocycles. The van der Waals surface area contributed by atoms with Crippen LogP contribution in [0.3, 0.4) is 0 Å². The van der Waals surface area contributed by atoms with Crippen molar-refractivity contribution in [1.29, 1.82) is 0 Å². The number of nitrogens with one attached hydrogen (secondary N) is 1. The van der Waals surface area contributed by atoms with Crippen molar-refractivity contribution in [2.45, 2.75) is 19.8 Å². The van der Waals surface area contributed by atoms with Gasteiger partial charge in [-0.25, -0.2) is 0 Å². The highest BCUT2D eigenvalue weighted by molar-refractivity contribution is 7.80. The lowest BCUT2D eigenvalue weighted by molar-refractivity contribution is -0.119. The number of benzene rings is 1. The van der Waals surface area contributed by atoms with Gasteiger partial charge in [-0.3, -0.25) is 4.79 Å². The highest BCUT2D eigenvalue weighted by Crippen LogP contribution is 2.37. The summed E-state index contributed by atoms with van der Waals surface area (Å²) in [5, 5.41) is 2.91. The molecule has 4 nitrogen and oxygen atoms in total. The van der Waals surface area contributed by atoms with Crippen molar-refractivity contribution >= 4 is 28.8 Å². The van der Waals surface area contributed by atoms with E-state index < -0.39 is 0 Å². The number of amides is 1. The Balaban J connectivity index is 1.87. The average molecular weight is 278 g/mol. The molecule has 5 heteroatoms. The summed E-state index contributed by atoms with van der Waals surface area (Å²) in [6, 6.07) is 7.20. The third-order valence-corrected chi connectivity index (χ3v) is 3.36. The second-order valence-electron chi connectivity index (χ2n) is 4.89. The SMILES string of the molecule is CC(C(=O)Nc1ccc(OCC(N)=S)cc1)C1CC1. The lowest BCUT2D eigenvalue weighted by atomic mass is 10.1. The molecule has 0 aromatic heterocycles. The van der Waals surface area contributed by atoms with Crippen LogP contribution < -0.4 is 15.8 Å². The summed E-state index contributed by atoms with van der Waals surface area (Å²) in [5.41, 5.74) is 6.13. The average Bonchev–Trinajstić information content (AvgIpc) is 3.21. The van der Waals surface area contributed by atoms with Crippen LogP contribution in [0.5, 0.6) is 5.75 Å². The maximum absolute atomic E-state index is 11.9. The molecule has 3 N–H and O–H groups in total. The van der Waals surface area contributed by atoms with E-state index in [0.717, 1.165) is 5.69 Å². The molecule has 1 amide bonds. The Morgan fingerprint density at radius 1 is 1.47 bits per heavy atom. The molecule has 0 saturated heterocycles. The van der Waals surface area contributed by atoms with Gasteiger partial charge in [-0.15, -0.1) is 0 Å². The molecular weight excluding hydrogens is 260 g/mol. The molecule has 0 spiro atoms. The van der Waals surface area contributed by atoms with Gasteiger partial charge in [-0.05, 0) is 43.0 Å². The van der Waals surface area contributed by atoms with Gasteiger partial charge >= 0.3 is 0 Å². The molecule has 1 aromatic carbocycles. The minimum Gasteiger partial charge on any atom is -0.487 e. The van der Waals surface area contributed by atoms with Crippen molar-refractivity contribution in [2.75, 3.05) is 11.9 Å². The first kappa shape index (κ1) is 13.8. The Morgan fingerprint density at radius 2 is 2.11 bits per heavy atom. The van der Waals surface area contributed by atoms with Gasteiger partial charge in [0.05, 0.1) is 0 Å². The van der Waals surface area contributed by atoms with Gasteiger partial charge in [-0.2, -0.15) is 0 Å². The zero-order valence-corrected chi connectivity index (χ0v) is 11.7. The van der Waals surface area contributed by atoms with Crippen LogP contribution in [0.2, 0.25) is 0 Å². The Bertz CT molecular complexity index is 469. The molecule has 102 valence electrons. The lowest BCUT2D eigenvalue weighted by Gasteiger charge is -2.11. The minimum absolute atomic E-state index is 0.0827. The van der Waals surface area contributed by atoms with Crippen LogP contribution in [0.1, 0.15) is 19.8 Å². The number of nitrogens with two attached hydrogens (primary N) is 1. The van der Waals surface area contributed by atoms with Crippen molar-refractivity contribution in [2.24, 2.45) is 17.6 Å². The molecule has 0 bridgehead atoms. The molecule has 19 heavy (non-hydrogen) atoms. The zero-order chi connectivity index (χ0) is 13.8. The molecular formula is C14H18N2O2S. The largest absolute Gasteiger partial charge is 0.487 e. The highest BCUT2D eigenvalue weighted by atomic mass is 32.1. The summed E-state index contributed by atoms with van der Waals surface area (Å²) in [5.74, 6) is 1.42. The Kier molecular flexibility index (Phi) is 4.37. The second kappa shape index (κ2) is 6.02. The molecule has 0 heterocycles. The fraction of sp³-hybridized carbons (Fsp3) is 0.429. The monoisotopic (exact) mass is 278 g/mol. The molecule has 1 aromatic rings. The van der Waals surface area contributed by atoms with Gasteiger partial charge < -0.3 is 15.8 Å². The molecule has 1 aliphatic rings. The van der Waals surface area contributed by atoms with E-state index in [0.29, 0.717) is 16.7 Å². The highest BCUT2D eigenvalue weighted by Gasteiger charge is 2.32. The van der Waals surface area contributed by atoms with Crippen LogP contribution in [-0.2, 0) is 4.79 Å². The van der Waals surface area contributed by atoms with Gasteiger partial charge in [0.2, 0.25) is 5.91 Å². The van der Waals surface area contributed by atoms with Crippen LogP contribution in [0.25, 0.3) is 0 Å². The third kappa shape index (κ3) is 4.21. The topological polar surface area (TPSA) is 64.3 Å². The Morgan fingerprint density at radius 3 is 2.63 bits per heavy atom. The maximum Gasteiger partial charge on any atom is 0.227 e. The first-order chi connectivity index (χ1) is 9.06. The van der Waals surface area contributed by atoms with Gasteiger partial charge in [0, 0.05) is 11.6 Å². The summed E-state index contributed by atoms with van der Waals surface area (Å²) in [6.45, 7) is 2.20. The number of anilines is 1. The second-order valence-corrected chi connectivity index (χ2v) is 5.42. The Labute approximate surface area is 118 Å². The lowest BCUT2D eigenvalue weighted by Crippen LogP contribution is -2.21. The molecule has 1 unspecified atom stereocenters. The number of hydrogen-bond acceptors (Lipinski definition) is 3. The van der Waals surface area contributed by atoms with Gasteiger partial charge in [-0.1, -0.05) is 19.1 Å². The zero-order valence-electron chi connectivity index (χ0n) is 10.9. The van der Waals surface area contributed by atoms with E-state index in [9.17, 15) is 4.79 Å². The number of hydrogen-bond donors (Lipinski definition) is 2. The Hall–Kier alpha value is -1.62. The third-order valence-electron chi connectivity index (χ3n) is 3.25. The minimum atomic E-state index is 0.0827. The summed E-state index contributed by atoms with van der Waals surface area (Å²) < 4.78 is 5.34. The summed E-state index contributed by atoms with van der Waals surface area (Å²) in [4.78, 5) is 12.2. The van der Waals surface area contributed by atoms with E-state index >= 15 is 0 Å². The number of carbonyl (C=O) groups is 1. The fourth-order valence-electron chi connectivity index (χ4n) is 1.86. The van der Waals surface area contributed by atoms with Crippen LogP contribution in [0.4, 0.5) is 5.69 Å². The standard InChI is InChI=1S/C14H18N2O2S/c1-9(10-2-3-10)14(17)16-11-4-6-12(7-5-11)18-8-13(15)19/h4-7,9-10H,2-3,8H2,1H3,(H2,15,19)(H,16,17). The number of ether oxygens (including phenoxy) is 1. The van der Waals surface area contributed by atoms with Crippen molar-refractivity contribution < 1.29 is 9.53 Å². The smallest absolute Gasteiger partial charge is 0.227 e. The van der Waals surface area contributed by atoms with E-state index in [1.807, 2.05) is 19.1 Å². The molecule has 1 atom stereocenters. The van der Waals surface area contributed by atoms with Gasteiger partial charge in [0.15, 0.2) is 0 Å². The van der Waals surface area contributed by atoms with Gasteiger partial charge in [0.25, 0.3) is 0 Å². The maximum atomic E-state index is 11.9. The molecule has 1 aliphatic carbocycles. The van der Waals surface area contributed by atoms with Crippen LogP contribution in [-0.4, -0.2) is 17.5 Å². The number of carbonyl (C=O) groups excluding carboxylic acids is 1. The quantitative estimate of drug-likeness (QED) is 0.784. The number of thiocarbonyl (C=S) groups is 1. The van der Waals surface area contributed by atoms with E-state index in [1.54, 1.807) is 12.1 Å². The van der Waals surface area contributed by atoms with E-state index in [-0.39, 0.29) is 18.4 Å². The van der Waals surface area contributed by atoms with E-state index in [4.69, 9.17) is 22.7 Å². The van der Waals surface area contributed by atoms with Crippen molar-refractivity contribution in [3.05, 3.63) is 24.3 Å². The van der Waals surface area contributed by atoms with E-state index in [2.05, 4.69) is 5.32 Å². The summed E-state index contributed by atoms with van der Waals surface area (Å²) in [7, 11) is 0. The fourth-order valence-corrected chi connectivity index (χ4v) is 1.91. The number of rotatable bonds is 6. The normalized spacial score (nSPS) is 15.6. The molecule has 2 rings (SSSR count). The van der Waals surface area contributed by atoms with Crippen molar-refractivity contribution in [3.8, 4) is 5.75 Å². The van der Waals surface area contributed by atoms with Crippen molar-refractivity contribution in [1.82, 2.24) is 0 Å². The van der Waals surface area contributed by atoms with Gasteiger partial charge in [0.1, 0.15) is 17.3 Å². The van der Waals surface area contributed by atoms with Crippen LogP contribution in [0, 0.1) is 11.8 Å². The molecule has 0 radical (unpaired) electrons. The first-order valence-corrected chi connectivity index (χ1v) is 6.79. The summed E-state index contributed by atoms with van der Waals surface area (Å²) >= 11 is 4.73. The molecule has 1 saturated carbocycles. The van der Waals surface area contributed by atoms with Crippen molar-refractivity contribution in [3.63, 3.8) is 0 Å². The van der Waals surface area contributed by atoms with Crippen LogP contribution >= 0.6 is 12.2 Å². The predicted octanol–water partition coefficient (Wildman–Crippen LogP) is 2.34.